The largest absolute Gasteiger partial charge is 0.493 e. The lowest BCUT2D eigenvalue weighted by molar-refractivity contribution is 0.247. The predicted molar refractivity (Wildman–Crippen MR) is 92.4 cm³/mol. The Morgan fingerprint density at radius 1 is 0.905 bits per heavy atom. The van der Waals surface area contributed by atoms with E-state index >= 15 is 0 Å². The maximum Gasteiger partial charge on any atom is 0.126 e. The van der Waals surface area contributed by atoms with Crippen molar-refractivity contribution in [3.05, 3.63) is 29.3 Å². The fourth-order valence-corrected chi connectivity index (χ4v) is 2.37. The molecule has 1 atom stereocenters. The molecule has 2 nitrogen and oxygen atoms in total. The van der Waals surface area contributed by atoms with Crippen LogP contribution in [0, 0.1) is 5.92 Å². The molecular formula is C19H33NO. The second kappa shape index (κ2) is 8.43. The number of ether oxygens (including phenoxy) is 1. The van der Waals surface area contributed by atoms with E-state index in [1.165, 1.54) is 11.1 Å². The molecule has 2 heteroatoms. The highest BCUT2D eigenvalue weighted by molar-refractivity contribution is 5.44. The molecule has 1 N–H and O–H groups in total. The minimum Gasteiger partial charge on any atom is -0.493 e. The van der Waals surface area contributed by atoms with Crippen molar-refractivity contribution in [3.8, 4) is 5.75 Å². The summed E-state index contributed by atoms with van der Waals surface area (Å²) in [6.07, 6.45) is 0. The van der Waals surface area contributed by atoms with E-state index in [0.29, 0.717) is 23.8 Å². The Kier molecular flexibility index (Phi) is 7.24. The van der Waals surface area contributed by atoms with Crippen molar-refractivity contribution in [3.63, 3.8) is 0 Å². The van der Waals surface area contributed by atoms with Crippen LogP contribution in [0.5, 0.6) is 5.75 Å². The summed E-state index contributed by atoms with van der Waals surface area (Å²) in [5.74, 6) is 2.59. The molecule has 0 saturated heterocycles. The summed E-state index contributed by atoms with van der Waals surface area (Å²) in [5, 5.41) is 3.48. The molecule has 0 aliphatic rings. The van der Waals surface area contributed by atoms with Crippen molar-refractivity contribution in [2.75, 3.05) is 13.2 Å². The van der Waals surface area contributed by atoms with Crippen LogP contribution in [0.3, 0.4) is 0 Å². The van der Waals surface area contributed by atoms with Crippen LogP contribution in [0.15, 0.2) is 18.2 Å². The predicted octanol–water partition coefficient (Wildman–Crippen LogP) is 4.95. The third-order valence-electron chi connectivity index (χ3n) is 3.71. The van der Waals surface area contributed by atoms with Gasteiger partial charge in [-0.2, -0.15) is 0 Å². The van der Waals surface area contributed by atoms with Crippen LogP contribution in [-0.2, 0) is 0 Å². The Morgan fingerprint density at radius 3 is 1.86 bits per heavy atom. The Labute approximate surface area is 131 Å². The van der Waals surface area contributed by atoms with Gasteiger partial charge in [-0.3, -0.25) is 0 Å². The second-order valence-corrected chi connectivity index (χ2v) is 7.05. The van der Waals surface area contributed by atoms with Gasteiger partial charge in [0.15, 0.2) is 0 Å². The minimum absolute atomic E-state index is 0.489. The van der Waals surface area contributed by atoms with Gasteiger partial charge in [0.2, 0.25) is 0 Å². The van der Waals surface area contributed by atoms with E-state index in [2.05, 4.69) is 72.0 Å². The van der Waals surface area contributed by atoms with Gasteiger partial charge in [-0.25, -0.2) is 0 Å². The van der Waals surface area contributed by atoms with Gasteiger partial charge in [-0.15, -0.1) is 0 Å². The first kappa shape index (κ1) is 18.0. The maximum absolute atomic E-state index is 6.24. The molecule has 120 valence electrons. The molecule has 1 unspecified atom stereocenters. The SMILES string of the molecule is CC(CNC(C)C)COc1c(C(C)C)cccc1C(C)C. The standard InChI is InChI=1S/C19H33NO/c1-13(2)17-9-8-10-18(14(3)4)19(17)21-12-16(7)11-20-15(5)6/h8-10,13-16,20H,11-12H2,1-7H3. The van der Waals surface area contributed by atoms with Gasteiger partial charge in [-0.1, -0.05) is 66.7 Å². The van der Waals surface area contributed by atoms with Gasteiger partial charge >= 0.3 is 0 Å². The zero-order valence-electron chi connectivity index (χ0n) is 14.9. The topological polar surface area (TPSA) is 21.3 Å². The molecule has 0 fully saturated rings. The molecule has 0 aliphatic carbocycles. The smallest absolute Gasteiger partial charge is 0.126 e. The zero-order chi connectivity index (χ0) is 16.0. The number of hydrogen-bond donors (Lipinski definition) is 1. The quantitative estimate of drug-likeness (QED) is 0.732. The molecule has 1 aromatic rings. The number of hydrogen-bond acceptors (Lipinski definition) is 2. The molecule has 0 aliphatic heterocycles. The molecule has 0 amide bonds. The first-order chi connectivity index (χ1) is 9.82. The first-order valence-electron chi connectivity index (χ1n) is 8.31. The normalized spacial score (nSPS) is 13.2. The van der Waals surface area contributed by atoms with Gasteiger partial charge in [0.1, 0.15) is 5.75 Å². The number of para-hydroxylation sites is 1. The first-order valence-corrected chi connectivity index (χ1v) is 8.31. The summed E-state index contributed by atoms with van der Waals surface area (Å²) in [6, 6.07) is 7.08. The molecule has 0 saturated carbocycles. The van der Waals surface area contributed by atoms with Crippen molar-refractivity contribution in [1.82, 2.24) is 5.32 Å². The van der Waals surface area contributed by atoms with Gasteiger partial charge in [-0.05, 0) is 23.0 Å². The van der Waals surface area contributed by atoms with Crippen LogP contribution in [0.1, 0.15) is 71.4 Å². The molecule has 0 radical (unpaired) electrons. The zero-order valence-corrected chi connectivity index (χ0v) is 14.9. The minimum atomic E-state index is 0.489. The van der Waals surface area contributed by atoms with Gasteiger partial charge in [0.05, 0.1) is 6.61 Å². The second-order valence-electron chi connectivity index (χ2n) is 7.05. The van der Waals surface area contributed by atoms with E-state index in [4.69, 9.17) is 4.74 Å². The lowest BCUT2D eigenvalue weighted by atomic mass is 9.94. The summed E-state index contributed by atoms with van der Waals surface area (Å²) in [7, 11) is 0. The Morgan fingerprint density at radius 2 is 1.43 bits per heavy atom. The number of benzene rings is 1. The van der Waals surface area contributed by atoms with E-state index < -0.39 is 0 Å². The molecular weight excluding hydrogens is 258 g/mol. The van der Waals surface area contributed by atoms with Gasteiger partial charge < -0.3 is 10.1 Å². The fourth-order valence-electron chi connectivity index (χ4n) is 2.37. The fraction of sp³-hybridized carbons (Fsp3) is 0.684. The lowest BCUT2D eigenvalue weighted by Gasteiger charge is -2.22. The van der Waals surface area contributed by atoms with Crippen LogP contribution in [0.4, 0.5) is 0 Å². The molecule has 0 aromatic heterocycles. The van der Waals surface area contributed by atoms with Crippen LogP contribution in [-0.4, -0.2) is 19.2 Å². The summed E-state index contributed by atoms with van der Waals surface area (Å²) < 4.78 is 6.24. The van der Waals surface area contributed by atoms with E-state index in [0.717, 1.165) is 18.9 Å². The van der Waals surface area contributed by atoms with E-state index in [1.807, 2.05) is 0 Å². The third-order valence-corrected chi connectivity index (χ3v) is 3.71. The van der Waals surface area contributed by atoms with E-state index in [9.17, 15) is 0 Å². The van der Waals surface area contributed by atoms with E-state index in [1.54, 1.807) is 0 Å². The highest BCUT2D eigenvalue weighted by Gasteiger charge is 2.16. The molecule has 1 aromatic carbocycles. The third kappa shape index (κ3) is 5.70. The highest BCUT2D eigenvalue weighted by Crippen LogP contribution is 2.34. The summed E-state index contributed by atoms with van der Waals surface area (Å²) >= 11 is 0. The van der Waals surface area contributed by atoms with Crippen molar-refractivity contribution in [2.45, 2.75) is 66.3 Å². The van der Waals surface area contributed by atoms with Crippen LogP contribution in [0.25, 0.3) is 0 Å². The number of rotatable bonds is 8. The van der Waals surface area contributed by atoms with Crippen molar-refractivity contribution >= 4 is 0 Å². The summed E-state index contributed by atoms with van der Waals surface area (Å²) in [6.45, 7) is 17.3. The highest BCUT2D eigenvalue weighted by atomic mass is 16.5. The average molecular weight is 291 g/mol. The number of nitrogens with one attached hydrogen (secondary N) is 1. The molecule has 1 rings (SSSR count). The average Bonchev–Trinajstić information content (AvgIpc) is 2.42. The van der Waals surface area contributed by atoms with E-state index in [-0.39, 0.29) is 0 Å². The van der Waals surface area contributed by atoms with Crippen molar-refractivity contribution < 1.29 is 4.74 Å². The Balaban J connectivity index is 2.80. The summed E-state index contributed by atoms with van der Waals surface area (Å²) in [5.41, 5.74) is 2.65. The molecule has 0 spiro atoms. The van der Waals surface area contributed by atoms with Gasteiger partial charge in [0, 0.05) is 18.5 Å². The van der Waals surface area contributed by atoms with Crippen LogP contribution in [0.2, 0.25) is 0 Å². The Hall–Kier alpha value is -1.02. The van der Waals surface area contributed by atoms with Crippen LogP contribution < -0.4 is 10.1 Å². The maximum atomic E-state index is 6.24. The van der Waals surface area contributed by atoms with Crippen molar-refractivity contribution in [2.24, 2.45) is 5.92 Å². The summed E-state index contributed by atoms with van der Waals surface area (Å²) in [4.78, 5) is 0. The molecule has 0 heterocycles. The lowest BCUT2D eigenvalue weighted by Crippen LogP contribution is -2.30. The van der Waals surface area contributed by atoms with Gasteiger partial charge in [0.25, 0.3) is 0 Å². The molecule has 0 bridgehead atoms. The van der Waals surface area contributed by atoms with Crippen molar-refractivity contribution in [1.29, 1.82) is 0 Å². The molecule has 21 heavy (non-hydrogen) atoms. The monoisotopic (exact) mass is 291 g/mol. The Bertz CT molecular complexity index is 397. The van der Waals surface area contributed by atoms with Crippen LogP contribution >= 0.6 is 0 Å².